The number of nitrogens with zero attached hydrogens (tertiary/aromatic N) is 2. The Balaban J connectivity index is 1.65. The fraction of sp³-hybridized carbons (Fsp3) is 0.556. The Hall–Kier alpha value is -1.96. The van der Waals surface area contributed by atoms with E-state index in [1.54, 1.807) is 11.9 Å². The molecule has 2 rings (SSSR count). The van der Waals surface area contributed by atoms with Crippen molar-refractivity contribution in [3.63, 3.8) is 0 Å². The molecule has 1 aromatic rings. The lowest BCUT2D eigenvalue weighted by atomic mass is 10.1. The van der Waals surface area contributed by atoms with Gasteiger partial charge in [0.2, 0.25) is 0 Å². The van der Waals surface area contributed by atoms with Crippen molar-refractivity contribution in [2.75, 3.05) is 39.9 Å². The highest BCUT2D eigenvalue weighted by Crippen LogP contribution is 2.15. The lowest BCUT2D eigenvalue weighted by Crippen LogP contribution is -2.50. The molecule has 0 radical (unpaired) electrons. The second kappa shape index (κ2) is 10.9. The van der Waals surface area contributed by atoms with E-state index >= 15 is 0 Å². The summed E-state index contributed by atoms with van der Waals surface area (Å²) < 4.78 is 11.8. The average molecular weight is 427 g/mol. The number of piperidine rings is 1. The van der Waals surface area contributed by atoms with Gasteiger partial charge in [0, 0.05) is 30.7 Å². The molecule has 1 heterocycles. The molecule has 0 spiro atoms. The Labute approximate surface area is 163 Å². The molecule has 8 heteroatoms. The Bertz CT molecular complexity index is 587. The standard InChI is InChI=1S/C18H27BrN4O3/c1-3-25-18(24)23-11-8-15(9-12-23)22-17(20-2)21-10-13-26-16-6-4-14(19)5-7-16/h4-7,15H,3,8-13H2,1-2H3,(H2,20,21,22). The summed E-state index contributed by atoms with van der Waals surface area (Å²) in [5, 5.41) is 6.65. The normalized spacial score (nSPS) is 15.5. The van der Waals surface area contributed by atoms with Crippen molar-refractivity contribution in [2.24, 2.45) is 4.99 Å². The van der Waals surface area contributed by atoms with E-state index in [2.05, 4.69) is 31.6 Å². The van der Waals surface area contributed by atoms with Crippen molar-refractivity contribution < 1.29 is 14.3 Å². The number of rotatable bonds is 6. The lowest BCUT2D eigenvalue weighted by Gasteiger charge is -2.32. The molecule has 1 saturated heterocycles. The number of carbonyl (C=O) groups is 1. The quantitative estimate of drug-likeness (QED) is 0.415. The van der Waals surface area contributed by atoms with Crippen molar-refractivity contribution in [2.45, 2.75) is 25.8 Å². The number of carbonyl (C=O) groups excluding carboxylic acids is 1. The van der Waals surface area contributed by atoms with Gasteiger partial charge >= 0.3 is 6.09 Å². The van der Waals surface area contributed by atoms with E-state index in [9.17, 15) is 4.79 Å². The molecule has 7 nitrogen and oxygen atoms in total. The zero-order valence-corrected chi connectivity index (χ0v) is 16.9. The maximum atomic E-state index is 11.7. The maximum Gasteiger partial charge on any atom is 0.409 e. The zero-order chi connectivity index (χ0) is 18.8. The highest BCUT2D eigenvalue weighted by molar-refractivity contribution is 9.10. The number of guanidine groups is 1. The second-order valence-electron chi connectivity index (χ2n) is 5.91. The van der Waals surface area contributed by atoms with Gasteiger partial charge in [0.15, 0.2) is 5.96 Å². The van der Waals surface area contributed by atoms with Crippen LogP contribution in [0, 0.1) is 0 Å². The molecule has 0 aromatic heterocycles. The predicted octanol–water partition coefficient (Wildman–Crippen LogP) is 2.61. The summed E-state index contributed by atoms with van der Waals surface area (Å²) >= 11 is 3.40. The van der Waals surface area contributed by atoms with Crippen LogP contribution in [-0.4, -0.2) is 62.9 Å². The van der Waals surface area contributed by atoms with E-state index in [4.69, 9.17) is 9.47 Å². The van der Waals surface area contributed by atoms with E-state index in [1.807, 2.05) is 31.2 Å². The molecule has 0 bridgehead atoms. The first kappa shape index (κ1) is 20.4. The molecule has 1 aliphatic rings. The smallest absolute Gasteiger partial charge is 0.409 e. The molecule has 0 unspecified atom stereocenters. The average Bonchev–Trinajstić information content (AvgIpc) is 2.66. The summed E-state index contributed by atoms with van der Waals surface area (Å²) in [6, 6.07) is 8.04. The number of halogens is 1. The Morgan fingerprint density at radius 1 is 1.31 bits per heavy atom. The number of hydrogen-bond acceptors (Lipinski definition) is 4. The van der Waals surface area contributed by atoms with E-state index in [1.165, 1.54) is 0 Å². The monoisotopic (exact) mass is 426 g/mol. The van der Waals surface area contributed by atoms with Crippen LogP contribution in [0.15, 0.2) is 33.7 Å². The first-order valence-corrected chi connectivity index (χ1v) is 9.69. The van der Waals surface area contributed by atoms with E-state index in [0.29, 0.717) is 38.9 Å². The fourth-order valence-electron chi connectivity index (χ4n) is 2.68. The third kappa shape index (κ3) is 6.74. The first-order chi connectivity index (χ1) is 12.6. The van der Waals surface area contributed by atoms with Crippen molar-refractivity contribution in [1.82, 2.24) is 15.5 Å². The van der Waals surface area contributed by atoms with Gasteiger partial charge in [0.25, 0.3) is 0 Å². The van der Waals surface area contributed by atoms with Gasteiger partial charge in [-0.2, -0.15) is 0 Å². The van der Waals surface area contributed by atoms with Gasteiger partial charge in [0.1, 0.15) is 12.4 Å². The fourth-order valence-corrected chi connectivity index (χ4v) is 2.94. The second-order valence-corrected chi connectivity index (χ2v) is 6.82. The van der Waals surface area contributed by atoms with Gasteiger partial charge in [-0.3, -0.25) is 4.99 Å². The number of likely N-dealkylation sites (tertiary alicyclic amines) is 1. The molecule has 2 N–H and O–H groups in total. The molecule has 144 valence electrons. The number of aliphatic imine (C=N–C) groups is 1. The van der Waals surface area contributed by atoms with Crippen LogP contribution in [0.4, 0.5) is 4.79 Å². The highest BCUT2D eigenvalue weighted by atomic mass is 79.9. The largest absolute Gasteiger partial charge is 0.492 e. The number of nitrogens with one attached hydrogen (secondary N) is 2. The van der Waals surface area contributed by atoms with Crippen LogP contribution in [-0.2, 0) is 4.74 Å². The Morgan fingerprint density at radius 2 is 2.00 bits per heavy atom. The summed E-state index contributed by atoms with van der Waals surface area (Å²) in [4.78, 5) is 17.7. The molecule has 1 aliphatic heterocycles. The van der Waals surface area contributed by atoms with Crippen molar-refractivity contribution in [3.8, 4) is 5.75 Å². The van der Waals surface area contributed by atoms with Crippen LogP contribution >= 0.6 is 15.9 Å². The molecule has 1 aromatic carbocycles. The van der Waals surface area contributed by atoms with Crippen molar-refractivity contribution in [3.05, 3.63) is 28.7 Å². The minimum Gasteiger partial charge on any atom is -0.492 e. The molecule has 0 saturated carbocycles. The van der Waals surface area contributed by atoms with Gasteiger partial charge in [0.05, 0.1) is 13.2 Å². The van der Waals surface area contributed by atoms with Crippen LogP contribution < -0.4 is 15.4 Å². The number of amides is 1. The van der Waals surface area contributed by atoms with Crippen LogP contribution in [0.25, 0.3) is 0 Å². The van der Waals surface area contributed by atoms with Gasteiger partial charge < -0.3 is 25.0 Å². The molecule has 26 heavy (non-hydrogen) atoms. The highest BCUT2D eigenvalue weighted by Gasteiger charge is 2.23. The minimum atomic E-state index is -0.224. The van der Waals surface area contributed by atoms with E-state index < -0.39 is 0 Å². The van der Waals surface area contributed by atoms with Crippen molar-refractivity contribution >= 4 is 28.0 Å². The topological polar surface area (TPSA) is 75.2 Å². The molecule has 0 aliphatic carbocycles. The van der Waals surface area contributed by atoms with E-state index in [-0.39, 0.29) is 6.09 Å². The Morgan fingerprint density at radius 3 is 2.62 bits per heavy atom. The third-order valence-electron chi connectivity index (χ3n) is 4.06. The summed E-state index contributed by atoms with van der Waals surface area (Å²) in [5.41, 5.74) is 0. The lowest BCUT2D eigenvalue weighted by molar-refractivity contribution is 0.0963. The van der Waals surface area contributed by atoms with Crippen LogP contribution in [0.3, 0.4) is 0 Å². The SMILES string of the molecule is CCOC(=O)N1CCC(NC(=NC)NCCOc2ccc(Br)cc2)CC1. The summed E-state index contributed by atoms with van der Waals surface area (Å²) in [6.07, 6.45) is 1.52. The van der Waals surface area contributed by atoms with Gasteiger partial charge in [-0.05, 0) is 44.0 Å². The van der Waals surface area contributed by atoms with Gasteiger partial charge in [-0.25, -0.2) is 4.79 Å². The van der Waals surface area contributed by atoms with Gasteiger partial charge in [-0.1, -0.05) is 15.9 Å². The minimum absolute atomic E-state index is 0.224. The molecule has 0 atom stereocenters. The van der Waals surface area contributed by atoms with E-state index in [0.717, 1.165) is 29.0 Å². The number of benzene rings is 1. The van der Waals surface area contributed by atoms with Gasteiger partial charge in [-0.15, -0.1) is 0 Å². The van der Waals surface area contributed by atoms with Crippen LogP contribution in [0.2, 0.25) is 0 Å². The van der Waals surface area contributed by atoms with Crippen LogP contribution in [0.1, 0.15) is 19.8 Å². The van der Waals surface area contributed by atoms with Crippen molar-refractivity contribution in [1.29, 1.82) is 0 Å². The predicted molar refractivity (Wildman–Crippen MR) is 106 cm³/mol. The molecular formula is C18H27BrN4O3. The summed E-state index contributed by atoms with van der Waals surface area (Å²) in [5.74, 6) is 1.59. The molecular weight excluding hydrogens is 400 g/mol. The zero-order valence-electron chi connectivity index (χ0n) is 15.3. The third-order valence-corrected chi connectivity index (χ3v) is 4.59. The summed E-state index contributed by atoms with van der Waals surface area (Å²) in [6.45, 7) is 4.82. The van der Waals surface area contributed by atoms with Crippen LogP contribution in [0.5, 0.6) is 5.75 Å². The Kier molecular flexibility index (Phi) is 8.53. The summed E-state index contributed by atoms with van der Waals surface area (Å²) in [7, 11) is 1.75. The molecule has 1 amide bonds. The number of ether oxygens (including phenoxy) is 2. The molecule has 1 fully saturated rings. The first-order valence-electron chi connectivity index (χ1n) is 8.89. The number of hydrogen-bond donors (Lipinski definition) is 2. The maximum absolute atomic E-state index is 11.7.